The van der Waals surface area contributed by atoms with Crippen LogP contribution >= 0.6 is 0 Å². The number of benzene rings is 1. The minimum atomic E-state index is -0.777. The molecule has 0 atom stereocenters. The number of rotatable bonds is 5. The van der Waals surface area contributed by atoms with Crippen molar-refractivity contribution in [2.45, 2.75) is 104 Å². The molecule has 192 valence electrons. The fraction of sp³-hybridized carbons (Fsp3) is 0.633. The van der Waals surface area contributed by atoms with Gasteiger partial charge in [-0.05, 0) is 71.4 Å². The molecule has 5 heteroatoms. The quantitative estimate of drug-likeness (QED) is 0.514. The third-order valence-corrected chi connectivity index (χ3v) is 9.40. The minimum absolute atomic E-state index is 0.0316. The van der Waals surface area contributed by atoms with Gasteiger partial charge in [0.15, 0.2) is 0 Å². The second kappa shape index (κ2) is 9.88. The second-order valence-electron chi connectivity index (χ2n) is 12.9. The van der Waals surface area contributed by atoms with Crippen LogP contribution in [0.1, 0.15) is 101 Å². The summed E-state index contributed by atoms with van der Waals surface area (Å²) < 4.78 is 14.0. The predicted octanol–water partition coefficient (Wildman–Crippen LogP) is 6.50. The Kier molecular flexibility index (Phi) is 7.39. The van der Waals surface area contributed by atoms with Crippen molar-refractivity contribution in [3.05, 3.63) is 46.6 Å². The van der Waals surface area contributed by atoms with Crippen molar-refractivity contribution in [1.82, 2.24) is 9.88 Å². The predicted molar refractivity (Wildman–Crippen MR) is 148 cm³/mol. The topological polar surface area (TPSA) is 51.1 Å². The number of carbonyl (C=O) groups is 1. The molecule has 4 rings (SSSR count). The van der Waals surface area contributed by atoms with Crippen LogP contribution in [0.25, 0.3) is 11.3 Å². The van der Waals surface area contributed by atoms with E-state index in [4.69, 9.17) is 0 Å². The maximum absolute atomic E-state index is 13.3. The second-order valence-corrected chi connectivity index (χ2v) is 14.4. The summed E-state index contributed by atoms with van der Waals surface area (Å²) in [4.78, 5) is 13.3. The van der Waals surface area contributed by atoms with Crippen molar-refractivity contribution in [2.24, 2.45) is 5.92 Å². The van der Waals surface area contributed by atoms with Crippen molar-refractivity contribution in [2.75, 3.05) is 11.5 Å². The first-order valence-electron chi connectivity index (χ1n) is 13.4. The van der Waals surface area contributed by atoms with E-state index in [9.17, 15) is 9.00 Å². The minimum Gasteiger partial charge on any atom is -0.347 e. The molecule has 0 radical (unpaired) electrons. The highest BCUT2D eigenvalue weighted by atomic mass is 32.2. The number of carbonyl (C=O) groups excluding carboxylic acids is 1. The summed E-state index contributed by atoms with van der Waals surface area (Å²) in [5.41, 5.74) is 6.86. The molecule has 1 aromatic heterocycles. The zero-order chi connectivity index (χ0) is 25.5. The van der Waals surface area contributed by atoms with E-state index >= 15 is 0 Å². The lowest BCUT2D eigenvalue weighted by atomic mass is 9.79. The van der Waals surface area contributed by atoms with Crippen molar-refractivity contribution < 1.29 is 9.00 Å². The lowest BCUT2D eigenvalue weighted by molar-refractivity contribution is 0.0941. The summed E-state index contributed by atoms with van der Waals surface area (Å²) in [5.74, 6) is 1.77. The molecule has 0 spiro atoms. The van der Waals surface area contributed by atoms with Crippen LogP contribution in [0.2, 0.25) is 0 Å². The molecule has 1 N–H and O–H groups in total. The van der Waals surface area contributed by atoms with E-state index in [1.165, 1.54) is 48.8 Å². The molecule has 1 saturated heterocycles. The summed E-state index contributed by atoms with van der Waals surface area (Å²) in [5, 5.41) is 3.13. The van der Waals surface area contributed by atoms with E-state index in [-0.39, 0.29) is 22.8 Å². The van der Waals surface area contributed by atoms with Gasteiger partial charge < -0.3 is 9.88 Å². The van der Waals surface area contributed by atoms with E-state index in [0.29, 0.717) is 17.4 Å². The van der Waals surface area contributed by atoms with E-state index in [0.717, 1.165) is 23.5 Å². The highest BCUT2D eigenvalue weighted by Gasteiger charge is 2.30. The van der Waals surface area contributed by atoms with Crippen LogP contribution in [0.3, 0.4) is 0 Å². The maximum atomic E-state index is 13.3. The first-order chi connectivity index (χ1) is 16.3. The Bertz CT molecular complexity index is 1070. The highest BCUT2D eigenvalue weighted by molar-refractivity contribution is 7.86. The molecule has 2 heterocycles. The lowest BCUT2D eigenvalue weighted by Gasteiger charge is -2.27. The largest absolute Gasteiger partial charge is 0.347 e. The van der Waals surface area contributed by atoms with Crippen LogP contribution in [0.4, 0.5) is 0 Å². The zero-order valence-electron chi connectivity index (χ0n) is 22.8. The van der Waals surface area contributed by atoms with Crippen LogP contribution in [0.15, 0.2) is 24.3 Å². The lowest BCUT2D eigenvalue weighted by Crippen LogP contribution is -2.50. The van der Waals surface area contributed by atoms with Gasteiger partial charge in [0.05, 0.1) is 11.6 Å². The van der Waals surface area contributed by atoms with Gasteiger partial charge >= 0.3 is 0 Å². The third-order valence-electron chi connectivity index (χ3n) is 7.85. The SMILES string of the molecule is Cc1c(C(=O)NC2CS(=O)C2)cc(-c2cc(C(C)(C)C)cc(C(C)(C)C)c2)n1CC1CCCCC1. The summed E-state index contributed by atoms with van der Waals surface area (Å²) in [7, 11) is -0.777. The van der Waals surface area contributed by atoms with E-state index < -0.39 is 10.8 Å². The molecule has 1 aromatic carbocycles. The van der Waals surface area contributed by atoms with Gasteiger partial charge in [-0.25, -0.2) is 0 Å². The van der Waals surface area contributed by atoms with Crippen LogP contribution < -0.4 is 5.32 Å². The molecule has 1 aliphatic heterocycles. The number of hydrogen-bond donors (Lipinski definition) is 1. The first kappa shape index (κ1) is 26.2. The number of aromatic nitrogens is 1. The van der Waals surface area contributed by atoms with Crippen molar-refractivity contribution >= 4 is 16.7 Å². The monoisotopic (exact) mass is 496 g/mol. The number of amides is 1. The average Bonchev–Trinajstić information content (AvgIpc) is 3.08. The molecule has 0 bridgehead atoms. The Balaban J connectivity index is 1.80. The van der Waals surface area contributed by atoms with Gasteiger partial charge in [0.1, 0.15) is 0 Å². The fourth-order valence-electron chi connectivity index (χ4n) is 5.37. The van der Waals surface area contributed by atoms with Gasteiger partial charge in [0.25, 0.3) is 5.91 Å². The van der Waals surface area contributed by atoms with Gasteiger partial charge in [-0.3, -0.25) is 9.00 Å². The molecule has 2 aliphatic rings. The Morgan fingerprint density at radius 3 is 2.03 bits per heavy atom. The number of nitrogens with zero attached hydrogens (tertiary/aromatic N) is 1. The van der Waals surface area contributed by atoms with Crippen LogP contribution in [0.5, 0.6) is 0 Å². The highest BCUT2D eigenvalue weighted by Crippen LogP contribution is 2.37. The van der Waals surface area contributed by atoms with E-state index in [1.807, 2.05) is 0 Å². The maximum Gasteiger partial charge on any atom is 0.253 e. The number of nitrogens with one attached hydrogen (secondary N) is 1. The fourth-order valence-corrected chi connectivity index (χ4v) is 6.33. The molecule has 4 nitrogen and oxygen atoms in total. The summed E-state index contributed by atoms with van der Waals surface area (Å²) >= 11 is 0. The van der Waals surface area contributed by atoms with E-state index in [2.05, 4.69) is 82.6 Å². The van der Waals surface area contributed by atoms with Crippen molar-refractivity contribution in [3.63, 3.8) is 0 Å². The van der Waals surface area contributed by atoms with Gasteiger partial charge in [0, 0.05) is 40.2 Å². The molecule has 1 saturated carbocycles. The Morgan fingerprint density at radius 1 is 0.943 bits per heavy atom. The Labute approximate surface area is 214 Å². The zero-order valence-corrected chi connectivity index (χ0v) is 23.6. The third kappa shape index (κ3) is 5.93. The summed E-state index contributed by atoms with van der Waals surface area (Å²) in [6, 6.07) is 9.16. The smallest absolute Gasteiger partial charge is 0.253 e. The van der Waals surface area contributed by atoms with Crippen LogP contribution in [0, 0.1) is 12.8 Å². The van der Waals surface area contributed by atoms with Crippen molar-refractivity contribution in [3.8, 4) is 11.3 Å². The molecule has 1 aliphatic carbocycles. The van der Waals surface area contributed by atoms with Gasteiger partial charge in [0.2, 0.25) is 0 Å². The summed E-state index contributed by atoms with van der Waals surface area (Å²) in [6.07, 6.45) is 6.48. The first-order valence-corrected chi connectivity index (χ1v) is 14.8. The van der Waals surface area contributed by atoms with Gasteiger partial charge in [-0.2, -0.15) is 0 Å². The molecular formula is C30H44N2O2S. The standard InChI is InChI=1S/C30H44N2O2S/c1-20-26(28(33)31-25-18-35(34)19-25)16-27(32(20)17-21-11-9-8-10-12-21)22-13-23(29(2,3)4)15-24(14-22)30(5,6)7/h13-16,21,25H,8-12,17-19H2,1-7H3,(H,31,33). The normalized spacial score (nSPS) is 21.6. The molecule has 2 fully saturated rings. The van der Waals surface area contributed by atoms with Crippen molar-refractivity contribution in [1.29, 1.82) is 0 Å². The molecule has 0 unspecified atom stereocenters. The van der Waals surface area contributed by atoms with Gasteiger partial charge in [-0.15, -0.1) is 0 Å². The van der Waals surface area contributed by atoms with Crippen LogP contribution in [-0.2, 0) is 28.2 Å². The Hall–Kier alpha value is -1.88. The average molecular weight is 497 g/mol. The molecule has 35 heavy (non-hydrogen) atoms. The van der Waals surface area contributed by atoms with Gasteiger partial charge in [-0.1, -0.05) is 66.9 Å². The molecule has 1 amide bonds. The summed E-state index contributed by atoms with van der Waals surface area (Å²) in [6.45, 7) is 16.7. The Morgan fingerprint density at radius 2 is 1.51 bits per heavy atom. The van der Waals surface area contributed by atoms with E-state index in [1.54, 1.807) is 0 Å². The molecule has 2 aromatic rings. The number of hydrogen-bond acceptors (Lipinski definition) is 2. The molecular weight excluding hydrogens is 452 g/mol. The van der Waals surface area contributed by atoms with Crippen LogP contribution in [-0.4, -0.2) is 32.2 Å².